The number of unbranched alkanes of at least 4 members (excludes halogenated alkanes) is 1. The first-order chi connectivity index (χ1) is 13.9. The molecular formula is C18H27N7O3S. The highest BCUT2D eigenvalue weighted by atomic mass is 32.2. The summed E-state index contributed by atoms with van der Waals surface area (Å²) in [6, 6.07) is -0.113. The zero-order valence-electron chi connectivity index (χ0n) is 16.7. The summed E-state index contributed by atoms with van der Waals surface area (Å²) in [5.41, 5.74) is 5.16. The van der Waals surface area contributed by atoms with Gasteiger partial charge in [-0.3, -0.25) is 24.2 Å². The van der Waals surface area contributed by atoms with E-state index in [1.54, 1.807) is 6.92 Å². The van der Waals surface area contributed by atoms with Gasteiger partial charge in [0, 0.05) is 12.6 Å². The number of aryl methyl sites for hydroxylation is 1. The number of hydrogen-bond acceptors (Lipinski definition) is 7. The lowest BCUT2D eigenvalue weighted by atomic mass is 10.2. The number of nitrogens with zero attached hydrogens (tertiary/aromatic N) is 4. The molecule has 2 aromatic heterocycles. The van der Waals surface area contributed by atoms with Gasteiger partial charge in [-0.2, -0.15) is 0 Å². The fraction of sp³-hybridized carbons (Fsp3) is 0.611. The molecule has 1 aliphatic rings. The first-order valence-corrected chi connectivity index (χ1v) is 10.9. The average Bonchev–Trinajstić information content (AvgIpc) is 3.34. The van der Waals surface area contributed by atoms with Crippen LogP contribution in [0, 0.1) is 6.92 Å². The molecule has 2 heterocycles. The van der Waals surface area contributed by atoms with Crippen LogP contribution in [-0.4, -0.2) is 42.4 Å². The van der Waals surface area contributed by atoms with Crippen molar-refractivity contribution < 1.29 is 4.79 Å². The summed E-state index contributed by atoms with van der Waals surface area (Å²) in [5, 5.41) is 7.24. The number of nitrogen functional groups attached to an aromatic ring is 1. The van der Waals surface area contributed by atoms with E-state index in [0.29, 0.717) is 17.5 Å². The number of nitrogens with one attached hydrogen (secondary N) is 2. The summed E-state index contributed by atoms with van der Waals surface area (Å²) in [6.45, 7) is 4.18. The third-order valence-electron chi connectivity index (χ3n) is 5.05. The Bertz CT molecular complexity index is 975. The van der Waals surface area contributed by atoms with E-state index in [2.05, 4.69) is 20.2 Å². The van der Waals surface area contributed by atoms with E-state index in [0.717, 1.165) is 38.5 Å². The van der Waals surface area contributed by atoms with Gasteiger partial charge >= 0.3 is 5.69 Å². The van der Waals surface area contributed by atoms with Gasteiger partial charge < -0.3 is 10.6 Å². The van der Waals surface area contributed by atoms with Crippen molar-refractivity contribution in [1.82, 2.24) is 24.7 Å². The van der Waals surface area contributed by atoms with Gasteiger partial charge in [0.1, 0.15) is 11.6 Å². The molecule has 3 rings (SSSR count). The number of nitrogens with two attached hydrogens (primary N) is 1. The van der Waals surface area contributed by atoms with Gasteiger partial charge in [-0.25, -0.2) is 9.78 Å². The highest BCUT2D eigenvalue weighted by Gasteiger charge is 2.32. The predicted molar refractivity (Wildman–Crippen MR) is 112 cm³/mol. The monoisotopic (exact) mass is 421 g/mol. The fourth-order valence-corrected chi connectivity index (χ4v) is 4.31. The number of H-pyrrole nitrogens is 2. The highest BCUT2D eigenvalue weighted by molar-refractivity contribution is 7.99. The molecule has 0 unspecified atom stereocenters. The Morgan fingerprint density at radius 1 is 1.34 bits per heavy atom. The van der Waals surface area contributed by atoms with Crippen molar-refractivity contribution >= 4 is 29.2 Å². The second-order valence-corrected chi connectivity index (χ2v) is 8.13. The molecule has 158 valence electrons. The lowest BCUT2D eigenvalue weighted by Gasteiger charge is -2.29. The Morgan fingerprint density at radius 3 is 2.69 bits per heavy atom. The summed E-state index contributed by atoms with van der Waals surface area (Å²) in [5.74, 6) is 0.533. The molecule has 0 saturated heterocycles. The molecule has 11 heteroatoms. The van der Waals surface area contributed by atoms with Crippen LogP contribution >= 0.6 is 11.8 Å². The van der Waals surface area contributed by atoms with E-state index in [-0.39, 0.29) is 29.2 Å². The number of hydrogen-bond donors (Lipinski definition) is 3. The van der Waals surface area contributed by atoms with Crippen LogP contribution in [0.4, 0.5) is 11.5 Å². The largest absolute Gasteiger partial charge is 0.383 e. The molecule has 0 bridgehead atoms. The Morgan fingerprint density at radius 2 is 2.07 bits per heavy atom. The molecule has 4 N–H and O–H groups in total. The molecule has 0 aliphatic heterocycles. The minimum Gasteiger partial charge on any atom is -0.383 e. The summed E-state index contributed by atoms with van der Waals surface area (Å²) >= 11 is 1.20. The second kappa shape index (κ2) is 9.29. The number of aromatic amines is 2. The minimum absolute atomic E-state index is 0.0474. The lowest BCUT2D eigenvalue weighted by Crippen LogP contribution is -2.46. The normalized spacial score (nSPS) is 14.4. The van der Waals surface area contributed by atoms with Crippen LogP contribution in [0.15, 0.2) is 14.7 Å². The molecule has 1 saturated carbocycles. The molecule has 0 aromatic carbocycles. The van der Waals surface area contributed by atoms with E-state index < -0.39 is 11.2 Å². The molecule has 2 aromatic rings. The number of rotatable bonds is 8. The molecule has 0 atom stereocenters. The quantitative estimate of drug-likeness (QED) is 0.547. The van der Waals surface area contributed by atoms with Crippen LogP contribution in [0.5, 0.6) is 0 Å². The van der Waals surface area contributed by atoms with Crippen molar-refractivity contribution in [2.75, 3.05) is 16.4 Å². The smallest absolute Gasteiger partial charge is 0.330 e. The van der Waals surface area contributed by atoms with Crippen molar-refractivity contribution in [3.05, 3.63) is 26.7 Å². The van der Waals surface area contributed by atoms with Crippen LogP contribution in [-0.2, 0) is 11.3 Å². The van der Waals surface area contributed by atoms with E-state index >= 15 is 0 Å². The number of aromatic nitrogens is 5. The van der Waals surface area contributed by atoms with Crippen molar-refractivity contribution in [1.29, 1.82) is 0 Å². The lowest BCUT2D eigenvalue weighted by molar-refractivity contribution is -0.116. The Kier molecular flexibility index (Phi) is 6.78. The third kappa shape index (κ3) is 4.72. The topological polar surface area (TPSA) is 143 Å². The minimum atomic E-state index is -0.626. The van der Waals surface area contributed by atoms with E-state index in [9.17, 15) is 14.4 Å². The number of thioether (sulfide) groups is 1. The summed E-state index contributed by atoms with van der Waals surface area (Å²) in [7, 11) is 0. The van der Waals surface area contributed by atoms with Gasteiger partial charge in [0.05, 0.1) is 5.75 Å². The van der Waals surface area contributed by atoms with Gasteiger partial charge in [-0.05, 0) is 26.2 Å². The van der Waals surface area contributed by atoms with Crippen molar-refractivity contribution in [3.63, 3.8) is 0 Å². The molecule has 0 radical (unpaired) electrons. The van der Waals surface area contributed by atoms with Crippen LogP contribution in [0.3, 0.4) is 0 Å². The van der Waals surface area contributed by atoms with Gasteiger partial charge in [0.2, 0.25) is 11.1 Å². The second-order valence-electron chi connectivity index (χ2n) is 7.19. The van der Waals surface area contributed by atoms with Gasteiger partial charge in [0.25, 0.3) is 5.56 Å². The number of amides is 1. The molecule has 1 fully saturated rings. The maximum Gasteiger partial charge on any atom is 0.330 e. The van der Waals surface area contributed by atoms with Crippen LogP contribution in [0.25, 0.3) is 0 Å². The summed E-state index contributed by atoms with van der Waals surface area (Å²) in [4.78, 5) is 46.1. The molecule has 1 aliphatic carbocycles. The van der Waals surface area contributed by atoms with Crippen LogP contribution in [0.2, 0.25) is 0 Å². The maximum atomic E-state index is 13.2. The third-order valence-corrected chi connectivity index (χ3v) is 5.88. The Balaban J connectivity index is 1.95. The number of carbonyl (C=O) groups excluding carboxylic acids is 1. The molecule has 29 heavy (non-hydrogen) atoms. The molecule has 10 nitrogen and oxygen atoms in total. The van der Waals surface area contributed by atoms with Gasteiger partial charge in [-0.15, -0.1) is 5.10 Å². The zero-order chi connectivity index (χ0) is 21.0. The number of anilines is 2. The first-order valence-electron chi connectivity index (χ1n) is 9.88. The summed E-state index contributed by atoms with van der Waals surface area (Å²) < 4.78 is 1.35. The van der Waals surface area contributed by atoms with E-state index in [1.807, 2.05) is 6.92 Å². The Hall–Kier alpha value is -2.56. The van der Waals surface area contributed by atoms with Gasteiger partial charge in [0.15, 0.2) is 5.69 Å². The van der Waals surface area contributed by atoms with Gasteiger partial charge in [-0.1, -0.05) is 37.9 Å². The standard InChI is InChI=1S/C18H27N7O3S/c1-3-4-9-24-15(19)14(16(27)21-18(24)28)25(12-7-5-6-8-12)13(26)10-29-17-20-11(2)22-23-17/h12H,3-10,19H2,1-2H3,(H,20,22,23)(H,21,27,28). The van der Waals surface area contributed by atoms with E-state index in [4.69, 9.17) is 5.73 Å². The molecule has 0 spiro atoms. The SMILES string of the molecule is CCCCn1c(N)c(N(C(=O)CSc2n[nH]c(C)n2)C2CCCC2)c(=O)[nH]c1=O. The summed E-state index contributed by atoms with van der Waals surface area (Å²) in [6.07, 6.45) is 5.17. The Labute approximate surface area is 172 Å². The van der Waals surface area contributed by atoms with Crippen molar-refractivity contribution in [2.45, 2.75) is 70.1 Å². The molecular weight excluding hydrogens is 394 g/mol. The fourth-order valence-electron chi connectivity index (χ4n) is 3.60. The maximum absolute atomic E-state index is 13.2. The van der Waals surface area contributed by atoms with Crippen molar-refractivity contribution in [2.24, 2.45) is 0 Å². The number of carbonyl (C=O) groups is 1. The molecule has 1 amide bonds. The predicted octanol–water partition coefficient (Wildman–Crippen LogP) is 1.41. The highest BCUT2D eigenvalue weighted by Crippen LogP contribution is 2.30. The average molecular weight is 422 g/mol. The van der Waals surface area contributed by atoms with Crippen LogP contribution in [0.1, 0.15) is 51.3 Å². The first kappa shape index (κ1) is 21.2. The zero-order valence-corrected chi connectivity index (χ0v) is 17.5. The van der Waals surface area contributed by atoms with Crippen molar-refractivity contribution in [3.8, 4) is 0 Å². The van der Waals surface area contributed by atoms with Crippen LogP contribution < -0.4 is 21.9 Å². The van der Waals surface area contributed by atoms with E-state index in [1.165, 1.54) is 21.2 Å².